The van der Waals surface area contributed by atoms with Crippen molar-refractivity contribution < 1.29 is 9.90 Å². The van der Waals surface area contributed by atoms with Crippen LogP contribution in [0.1, 0.15) is 21.5 Å². The fourth-order valence-corrected chi connectivity index (χ4v) is 2.80. The second-order valence-electron chi connectivity index (χ2n) is 6.49. The van der Waals surface area contributed by atoms with Crippen molar-refractivity contribution in [3.8, 4) is 0 Å². The summed E-state index contributed by atoms with van der Waals surface area (Å²) in [5.74, 6) is -0.171. The molecule has 0 aliphatic carbocycles. The van der Waals surface area contributed by atoms with E-state index >= 15 is 0 Å². The molecule has 0 saturated heterocycles. The van der Waals surface area contributed by atoms with Crippen molar-refractivity contribution in [1.82, 2.24) is 0 Å². The fraction of sp³-hybridized carbons (Fsp3) is 0.125. The number of ketones is 1. The van der Waals surface area contributed by atoms with Gasteiger partial charge in [0.15, 0.2) is 0 Å². The van der Waals surface area contributed by atoms with Crippen molar-refractivity contribution >= 4 is 23.4 Å². The van der Waals surface area contributed by atoms with E-state index in [9.17, 15) is 4.79 Å². The molecule has 146 valence electrons. The second kappa shape index (κ2) is 10.1. The summed E-state index contributed by atoms with van der Waals surface area (Å²) in [6.07, 6.45) is 1.62. The van der Waals surface area contributed by atoms with E-state index < -0.39 is 0 Å². The summed E-state index contributed by atoms with van der Waals surface area (Å²) in [5.41, 5.74) is 3.46. The summed E-state index contributed by atoms with van der Waals surface area (Å²) in [6, 6.07) is 26.1. The molecule has 0 unspecified atom stereocenters. The van der Waals surface area contributed by atoms with E-state index in [0.29, 0.717) is 17.8 Å². The maximum Gasteiger partial charge on any atom is 0.213 e. The van der Waals surface area contributed by atoms with Crippen molar-refractivity contribution in [2.24, 2.45) is 10.2 Å². The number of Topliss-reactive ketones (excluding diaryl/α,β-unsaturated/α-hetero) is 1. The van der Waals surface area contributed by atoms with Crippen molar-refractivity contribution in [1.29, 1.82) is 0 Å². The van der Waals surface area contributed by atoms with E-state index in [4.69, 9.17) is 5.11 Å². The van der Waals surface area contributed by atoms with E-state index in [1.165, 1.54) is 0 Å². The van der Waals surface area contributed by atoms with Crippen LogP contribution < -0.4 is 4.90 Å². The normalized spacial score (nSPS) is 11.6. The Bertz CT molecular complexity index is 982. The monoisotopic (exact) mass is 385 g/mol. The fourth-order valence-electron chi connectivity index (χ4n) is 2.80. The predicted molar refractivity (Wildman–Crippen MR) is 118 cm³/mol. The van der Waals surface area contributed by atoms with E-state index in [1.807, 2.05) is 84.7 Å². The molecule has 0 aromatic heterocycles. The minimum Gasteiger partial charge on any atom is -0.395 e. The number of nitrogens with zero attached hydrogens (tertiary/aromatic N) is 3. The lowest BCUT2D eigenvalue weighted by Gasteiger charge is -2.17. The lowest BCUT2D eigenvalue weighted by atomic mass is 10.0. The predicted octanol–water partition coefficient (Wildman–Crippen LogP) is 3.82. The Hall–Kier alpha value is -3.57. The van der Waals surface area contributed by atoms with Crippen LogP contribution in [0, 0.1) is 0 Å². The van der Waals surface area contributed by atoms with Gasteiger partial charge >= 0.3 is 0 Å². The highest BCUT2D eigenvalue weighted by Crippen LogP contribution is 2.13. The van der Waals surface area contributed by atoms with Gasteiger partial charge in [-0.15, -0.1) is 5.10 Å². The van der Waals surface area contributed by atoms with Crippen LogP contribution in [0.25, 0.3) is 0 Å². The van der Waals surface area contributed by atoms with Crippen molar-refractivity contribution in [2.45, 2.75) is 0 Å². The average Bonchev–Trinajstić information content (AvgIpc) is 2.78. The number of carbonyl (C=O) groups excluding carboxylic acids is 1. The molecule has 0 radical (unpaired) electrons. The van der Waals surface area contributed by atoms with Gasteiger partial charge in [0, 0.05) is 30.4 Å². The number of hydrogen-bond donors (Lipinski definition) is 1. The van der Waals surface area contributed by atoms with Crippen molar-refractivity contribution in [3.63, 3.8) is 0 Å². The van der Waals surface area contributed by atoms with Crippen LogP contribution in [-0.2, 0) is 0 Å². The maximum absolute atomic E-state index is 12.9. The number of benzene rings is 3. The molecule has 0 aliphatic rings. The standard InChI is InChI=1S/C24H23N3O2/c1-27(16-17-28)22-14-12-19(13-15-22)18-25-26-23(20-8-4-2-5-9-20)24(29)21-10-6-3-7-11-21/h2-15,18,28H,16-17H2,1H3/b25-18-,26-23-. The SMILES string of the molecule is CN(CCO)c1ccc(/C=N\N=C(/C(=O)c2ccccc2)c2ccccc2)cc1. The summed E-state index contributed by atoms with van der Waals surface area (Å²) < 4.78 is 0. The summed E-state index contributed by atoms with van der Waals surface area (Å²) in [4.78, 5) is 14.9. The van der Waals surface area contributed by atoms with Gasteiger partial charge in [0.1, 0.15) is 5.71 Å². The molecular weight excluding hydrogens is 362 g/mol. The van der Waals surface area contributed by atoms with Crippen molar-refractivity contribution in [2.75, 3.05) is 25.1 Å². The molecule has 0 amide bonds. The van der Waals surface area contributed by atoms with Crippen LogP contribution in [0.3, 0.4) is 0 Å². The minimum absolute atomic E-state index is 0.103. The molecule has 5 heteroatoms. The number of anilines is 1. The van der Waals surface area contributed by atoms with Crippen LogP contribution in [0.2, 0.25) is 0 Å². The largest absolute Gasteiger partial charge is 0.395 e. The molecule has 0 fully saturated rings. The Balaban J connectivity index is 1.84. The third-order valence-corrected chi connectivity index (χ3v) is 4.43. The molecule has 3 aromatic carbocycles. The summed E-state index contributed by atoms with van der Waals surface area (Å²) in [7, 11) is 1.92. The van der Waals surface area contributed by atoms with E-state index in [-0.39, 0.29) is 12.4 Å². The first kappa shape index (κ1) is 20.2. The van der Waals surface area contributed by atoms with Crippen LogP contribution in [0.15, 0.2) is 95.1 Å². The highest BCUT2D eigenvalue weighted by atomic mass is 16.3. The number of hydrogen-bond acceptors (Lipinski definition) is 5. The molecule has 0 atom stereocenters. The maximum atomic E-state index is 12.9. The minimum atomic E-state index is -0.171. The molecule has 3 aromatic rings. The van der Waals surface area contributed by atoms with E-state index in [1.54, 1.807) is 18.3 Å². The van der Waals surface area contributed by atoms with Crippen LogP contribution in [0.4, 0.5) is 5.69 Å². The van der Waals surface area contributed by atoms with Gasteiger partial charge in [-0.2, -0.15) is 5.10 Å². The Kier molecular flexibility index (Phi) is 7.03. The number of rotatable bonds is 8. The molecule has 5 nitrogen and oxygen atoms in total. The van der Waals surface area contributed by atoms with Gasteiger partial charge in [-0.25, -0.2) is 0 Å². The van der Waals surface area contributed by atoms with Crippen LogP contribution in [0.5, 0.6) is 0 Å². The smallest absolute Gasteiger partial charge is 0.213 e. The first-order chi connectivity index (χ1) is 14.2. The lowest BCUT2D eigenvalue weighted by Crippen LogP contribution is -2.20. The number of likely N-dealkylation sites (N-methyl/N-ethyl adjacent to an activating group) is 1. The molecule has 3 rings (SSSR count). The molecule has 0 spiro atoms. The van der Waals surface area contributed by atoms with Gasteiger partial charge < -0.3 is 10.0 Å². The highest BCUT2D eigenvalue weighted by Gasteiger charge is 2.15. The summed E-state index contributed by atoms with van der Waals surface area (Å²) in [6.45, 7) is 0.673. The molecule has 0 bridgehead atoms. The van der Waals surface area contributed by atoms with Gasteiger partial charge in [0.2, 0.25) is 5.78 Å². The zero-order chi connectivity index (χ0) is 20.5. The average molecular weight is 385 g/mol. The molecule has 0 aliphatic heterocycles. The Morgan fingerprint density at radius 1 is 0.897 bits per heavy atom. The lowest BCUT2D eigenvalue weighted by molar-refractivity contribution is 0.106. The number of carbonyl (C=O) groups is 1. The number of aliphatic hydroxyl groups excluding tert-OH is 1. The summed E-state index contributed by atoms with van der Waals surface area (Å²) >= 11 is 0. The first-order valence-corrected chi connectivity index (χ1v) is 9.37. The third kappa shape index (κ3) is 5.46. The van der Waals surface area contributed by atoms with Crippen molar-refractivity contribution in [3.05, 3.63) is 102 Å². The highest BCUT2D eigenvalue weighted by molar-refractivity contribution is 6.51. The zero-order valence-corrected chi connectivity index (χ0v) is 16.3. The Morgan fingerprint density at radius 2 is 1.48 bits per heavy atom. The molecular formula is C24H23N3O2. The van der Waals surface area contributed by atoms with Gasteiger partial charge in [-0.1, -0.05) is 72.8 Å². The van der Waals surface area contributed by atoms with E-state index in [2.05, 4.69) is 10.2 Å². The Labute approximate surface area is 170 Å². The molecule has 29 heavy (non-hydrogen) atoms. The van der Waals surface area contributed by atoms with Crippen LogP contribution in [-0.4, -0.2) is 43.0 Å². The third-order valence-electron chi connectivity index (χ3n) is 4.43. The van der Waals surface area contributed by atoms with Gasteiger partial charge in [0.25, 0.3) is 0 Å². The zero-order valence-electron chi connectivity index (χ0n) is 16.3. The van der Waals surface area contributed by atoms with Gasteiger partial charge in [-0.05, 0) is 17.7 Å². The Morgan fingerprint density at radius 3 is 2.07 bits per heavy atom. The summed E-state index contributed by atoms with van der Waals surface area (Å²) in [5, 5.41) is 17.4. The van der Waals surface area contributed by atoms with Gasteiger partial charge in [0.05, 0.1) is 12.8 Å². The topological polar surface area (TPSA) is 65.3 Å². The number of aliphatic hydroxyl groups is 1. The van der Waals surface area contributed by atoms with Crippen LogP contribution >= 0.6 is 0 Å². The first-order valence-electron chi connectivity index (χ1n) is 9.37. The van der Waals surface area contributed by atoms with E-state index in [0.717, 1.165) is 16.8 Å². The quantitative estimate of drug-likeness (QED) is 0.364. The molecule has 0 saturated carbocycles. The second-order valence-corrected chi connectivity index (χ2v) is 6.49. The molecule has 1 N–H and O–H groups in total. The molecule has 0 heterocycles. The van der Waals surface area contributed by atoms with Gasteiger partial charge in [-0.3, -0.25) is 4.79 Å².